The summed E-state index contributed by atoms with van der Waals surface area (Å²) in [5, 5.41) is 6.65. The molecule has 9 nitrogen and oxygen atoms in total. The van der Waals surface area contributed by atoms with Crippen LogP contribution in [0.2, 0.25) is 5.02 Å². The molecule has 0 aliphatic carbocycles. The molecule has 0 spiro atoms. The topological polar surface area (TPSA) is 91.9 Å². The number of carbonyl (C=O) groups excluding carboxylic acids is 1. The van der Waals surface area contributed by atoms with Crippen LogP contribution in [0, 0.1) is 5.82 Å². The zero-order chi connectivity index (χ0) is 26.4. The normalized spacial score (nSPS) is 14.6. The summed E-state index contributed by atoms with van der Waals surface area (Å²) in [5.41, 5.74) is 0.836. The number of methoxy groups -OCH3 is 1. The first-order chi connectivity index (χ1) is 17.8. The van der Waals surface area contributed by atoms with Gasteiger partial charge in [0.05, 0.1) is 29.9 Å². The molecule has 0 radical (unpaired) electrons. The van der Waals surface area contributed by atoms with Gasteiger partial charge in [-0.1, -0.05) is 17.7 Å². The number of aromatic nitrogens is 2. The lowest BCUT2D eigenvalue weighted by Crippen LogP contribution is -2.44. The molecule has 1 fully saturated rings. The maximum Gasteiger partial charge on any atom is 0.234 e. The Balaban J connectivity index is 1.43. The third-order valence-corrected chi connectivity index (χ3v) is 6.49. The fourth-order valence-corrected chi connectivity index (χ4v) is 4.36. The Labute approximate surface area is 220 Å². The number of nitrogens with zero attached hydrogens (tertiary/aromatic N) is 4. The number of hydrogen-bond donors (Lipinski definition) is 2. The van der Waals surface area contributed by atoms with Crippen molar-refractivity contribution in [1.82, 2.24) is 25.1 Å². The number of carbonyl (C=O) groups is 1. The van der Waals surface area contributed by atoms with E-state index in [0.717, 1.165) is 32.5 Å². The largest absolute Gasteiger partial charge is 0.493 e. The summed E-state index contributed by atoms with van der Waals surface area (Å²) in [4.78, 5) is 25.0. The van der Waals surface area contributed by atoms with Crippen molar-refractivity contribution in [2.24, 2.45) is 0 Å². The van der Waals surface area contributed by atoms with Gasteiger partial charge in [-0.05, 0) is 45.1 Å². The number of amides is 1. The van der Waals surface area contributed by atoms with Crippen LogP contribution in [0.5, 0.6) is 11.5 Å². The van der Waals surface area contributed by atoms with Gasteiger partial charge in [0.15, 0.2) is 17.3 Å². The summed E-state index contributed by atoms with van der Waals surface area (Å²) in [6.45, 7) is 3.34. The molecular formula is C26H32ClFN6O3. The molecule has 0 atom stereocenters. The van der Waals surface area contributed by atoms with Gasteiger partial charge in [0.1, 0.15) is 18.2 Å². The average Bonchev–Trinajstić information content (AvgIpc) is 2.87. The fraction of sp³-hybridized carbons (Fsp3) is 0.423. The first-order valence-corrected chi connectivity index (χ1v) is 12.6. The molecule has 1 aromatic heterocycles. The van der Waals surface area contributed by atoms with Crippen molar-refractivity contribution in [3.8, 4) is 11.5 Å². The molecule has 0 unspecified atom stereocenters. The van der Waals surface area contributed by atoms with Gasteiger partial charge < -0.3 is 25.0 Å². The summed E-state index contributed by atoms with van der Waals surface area (Å²) < 4.78 is 26.4. The highest BCUT2D eigenvalue weighted by Gasteiger charge is 2.24. The fourth-order valence-electron chi connectivity index (χ4n) is 4.19. The number of nitrogens with one attached hydrogen (secondary N) is 2. The highest BCUT2D eigenvalue weighted by molar-refractivity contribution is 6.31. The van der Waals surface area contributed by atoms with Crippen LogP contribution in [-0.4, -0.2) is 85.7 Å². The van der Waals surface area contributed by atoms with Crippen molar-refractivity contribution in [2.75, 3.05) is 59.2 Å². The molecule has 1 saturated heterocycles. The number of fused-ring (bicyclic) bond motifs is 1. The molecule has 2 N–H and O–H groups in total. The average molecular weight is 531 g/mol. The van der Waals surface area contributed by atoms with Crippen LogP contribution in [0.3, 0.4) is 0 Å². The molecule has 4 rings (SSSR count). The van der Waals surface area contributed by atoms with E-state index in [9.17, 15) is 9.18 Å². The Kier molecular flexibility index (Phi) is 8.96. The molecule has 1 aliphatic heterocycles. The van der Waals surface area contributed by atoms with Crippen LogP contribution in [0.4, 0.5) is 15.9 Å². The second-order valence-electron chi connectivity index (χ2n) is 9.22. The lowest BCUT2D eigenvalue weighted by Gasteiger charge is -2.32. The second-order valence-corrected chi connectivity index (χ2v) is 9.62. The first kappa shape index (κ1) is 26.8. The quantitative estimate of drug-likeness (QED) is 0.410. The molecule has 3 aromatic rings. The third-order valence-electron chi connectivity index (χ3n) is 6.20. The van der Waals surface area contributed by atoms with Gasteiger partial charge in [0, 0.05) is 37.6 Å². The number of likely N-dealkylation sites (tertiary alicyclic amines) is 1. The van der Waals surface area contributed by atoms with Crippen LogP contribution >= 0.6 is 11.6 Å². The third kappa shape index (κ3) is 6.97. The van der Waals surface area contributed by atoms with Crippen molar-refractivity contribution in [3.05, 3.63) is 47.5 Å². The van der Waals surface area contributed by atoms with Gasteiger partial charge in [-0.2, -0.15) is 0 Å². The standard InChI is InChI=1S/C26H32ClFN6O3/c1-33(2)12-9-29-24(35)15-34-10-7-17(8-11-34)37-23-13-18-21(14-22(23)36-3)30-16-31-26(18)32-20-6-4-5-19(27)25(20)28/h4-6,13-14,16-17H,7-12,15H2,1-3H3,(H,29,35)(H,30,31,32). The van der Waals surface area contributed by atoms with Gasteiger partial charge in [-0.3, -0.25) is 9.69 Å². The van der Waals surface area contributed by atoms with Crippen molar-refractivity contribution >= 4 is 39.9 Å². The van der Waals surface area contributed by atoms with Crippen molar-refractivity contribution < 1.29 is 18.7 Å². The van der Waals surface area contributed by atoms with Gasteiger partial charge in [-0.15, -0.1) is 0 Å². The summed E-state index contributed by atoms with van der Waals surface area (Å²) >= 11 is 5.93. The van der Waals surface area contributed by atoms with E-state index in [2.05, 4.69) is 25.5 Å². The Hall–Kier alpha value is -3.21. The van der Waals surface area contributed by atoms with Crippen LogP contribution in [0.25, 0.3) is 10.9 Å². The molecule has 11 heteroatoms. The van der Waals surface area contributed by atoms with Crippen LogP contribution in [0.1, 0.15) is 12.8 Å². The zero-order valence-electron chi connectivity index (χ0n) is 21.3. The Morgan fingerprint density at radius 2 is 2.00 bits per heavy atom. The maximum absolute atomic E-state index is 14.5. The monoisotopic (exact) mass is 530 g/mol. The first-order valence-electron chi connectivity index (χ1n) is 12.2. The molecule has 0 saturated carbocycles. The maximum atomic E-state index is 14.5. The number of benzene rings is 2. The number of halogens is 2. The number of likely N-dealkylation sites (N-methyl/N-ethyl adjacent to an activating group) is 1. The van der Waals surface area contributed by atoms with Gasteiger partial charge in [0.25, 0.3) is 0 Å². The van der Waals surface area contributed by atoms with Crippen LogP contribution < -0.4 is 20.1 Å². The van der Waals surface area contributed by atoms with E-state index in [1.54, 1.807) is 25.3 Å². The number of ether oxygens (including phenoxy) is 2. The Bertz CT molecular complexity index is 1240. The Morgan fingerprint density at radius 1 is 1.22 bits per heavy atom. The van der Waals surface area contributed by atoms with Gasteiger partial charge in [0.2, 0.25) is 5.91 Å². The van der Waals surface area contributed by atoms with E-state index < -0.39 is 5.82 Å². The van der Waals surface area contributed by atoms with E-state index in [1.165, 1.54) is 12.4 Å². The number of anilines is 2. The molecule has 1 amide bonds. The zero-order valence-corrected chi connectivity index (χ0v) is 22.0. The number of piperidine rings is 1. The van der Waals surface area contributed by atoms with E-state index in [4.69, 9.17) is 21.1 Å². The minimum atomic E-state index is -0.556. The number of rotatable bonds is 10. The predicted molar refractivity (Wildman–Crippen MR) is 142 cm³/mol. The molecule has 0 bridgehead atoms. The summed E-state index contributed by atoms with van der Waals surface area (Å²) in [5.74, 6) is 1.01. The highest BCUT2D eigenvalue weighted by atomic mass is 35.5. The van der Waals surface area contributed by atoms with Crippen LogP contribution in [-0.2, 0) is 4.79 Å². The van der Waals surface area contributed by atoms with E-state index in [0.29, 0.717) is 41.3 Å². The molecule has 37 heavy (non-hydrogen) atoms. The van der Waals surface area contributed by atoms with Crippen molar-refractivity contribution in [2.45, 2.75) is 18.9 Å². The summed E-state index contributed by atoms with van der Waals surface area (Å²) in [7, 11) is 5.53. The lowest BCUT2D eigenvalue weighted by atomic mass is 10.1. The van der Waals surface area contributed by atoms with E-state index >= 15 is 0 Å². The molecular weight excluding hydrogens is 499 g/mol. The van der Waals surface area contributed by atoms with Gasteiger partial charge >= 0.3 is 0 Å². The highest BCUT2D eigenvalue weighted by Crippen LogP contribution is 2.36. The van der Waals surface area contributed by atoms with Gasteiger partial charge in [-0.25, -0.2) is 14.4 Å². The smallest absolute Gasteiger partial charge is 0.234 e. The minimum Gasteiger partial charge on any atom is -0.493 e. The lowest BCUT2D eigenvalue weighted by molar-refractivity contribution is -0.122. The van der Waals surface area contributed by atoms with Crippen molar-refractivity contribution in [3.63, 3.8) is 0 Å². The molecule has 198 valence electrons. The molecule has 1 aliphatic rings. The number of hydrogen-bond acceptors (Lipinski definition) is 8. The van der Waals surface area contributed by atoms with Crippen molar-refractivity contribution in [1.29, 1.82) is 0 Å². The molecule has 2 heterocycles. The Morgan fingerprint density at radius 3 is 2.73 bits per heavy atom. The summed E-state index contributed by atoms with van der Waals surface area (Å²) in [6.07, 6.45) is 2.91. The van der Waals surface area contributed by atoms with Crippen LogP contribution in [0.15, 0.2) is 36.7 Å². The predicted octanol–water partition coefficient (Wildman–Crippen LogP) is 3.70. The summed E-state index contributed by atoms with van der Waals surface area (Å²) in [6, 6.07) is 8.32. The minimum absolute atomic E-state index is 0.0199. The van der Waals surface area contributed by atoms with E-state index in [1.807, 2.05) is 25.1 Å². The second kappa shape index (κ2) is 12.4. The molecule has 2 aromatic carbocycles. The van der Waals surface area contributed by atoms with E-state index in [-0.39, 0.29) is 22.7 Å². The SMILES string of the molecule is COc1cc2ncnc(Nc3cccc(Cl)c3F)c2cc1OC1CCN(CC(=O)NCCN(C)C)CC1.